The minimum absolute atomic E-state index is 0.140. The van der Waals surface area contributed by atoms with Gasteiger partial charge in [-0.2, -0.15) is 0 Å². The van der Waals surface area contributed by atoms with Crippen molar-refractivity contribution in [2.24, 2.45) is 5.73 Å². The zero-order valence-corrected chi connectivity index (χ0v) is 13.5. The molecule has 0 radical (unpaired) electrons. The molecule has 0 aromatic heterocycles. The van der Waals surface area contributed by atoms with E-state index in [1.807, 2.05) is 0 Å². The van der Waals surface area contributed by atoms with E-state index in [9.17, 15) is 0 Å². The molecule has 2 fully saturated rings. The lowest BCUT2D eigenvalue weighted by Crippen LogP contribution is -2.37. The van der Waals surface area contributed by atoms with Crippen LogP contribution in [0.2, 0.25) is 0 Å². The molecule has 2 N–H and O–H groups in total. The van der Waals surface area contributed by atoms with Crippen molar-refractivity contribution in [2.75, 3.05) is 32.7 Å². The molecule has 1 aromatic rings. The standard InChI is InChI=1S/C18H29N3/c1-14-5-6-16(11-15(14)2)18(19)13-20-10-7-17(12-20)21-8-3-4-9-21/h5-6,11,17-18H,3-4,7-10,12-13,19H2,1-2H3. The summed E-state index contributed by atoms with van der Waals surface area (Å²) < 4.78 is 0. The summed E-state index contributed by atoms with van der Waals surface area (Å²) in [4.78, 5) is 5.24. The molecular weight excluding hydrogens is 258 g/mol. The van der Waals surface area contributed by atoms with Crippen molar-refractivity contribution in [2.45, 2.75) is 45.2 Å². The molecule has 2 heterocycles. The smallest absolute Gasteiger partial charge is 0.0424 e. The van der Waals surface area contributed by atoms with Gasteiger partial charge >= 0.3 is 0 Å². The quantitative estimate of drug-likeness (QED) is 0.923. The van der Waals surface area contributed by atoms with Gasteiger partial charge in [-0.1, -0.05) is 18.2 Å². The minimum atomic E-state index is 0.140. The van der Waals surface area contributed by atoms with Crippen molar-refractivity contribution in [1.82, 2.24) is 9.80 Å². The van der Waals surface area contributed by atoms with Crippen LogP contribution in [0.25, 0.3) is 0 Å². The topological polar surface area (TPSA) is 32.5 Å². The van der Waals surface area contributed by atoms with Crippen molar-refractivity contribution >= 4 is 0 Å². The van der Waals surface area contributed by atoms with E-state index in [0.717, 1.165) is 12.6 Å². The second-order valence-corrected chi connectivity index (χ2v) is 6.90. The lowest BCUT2D eigenvalue weighted by molar-refractivity contribution is 0.228. The normalized spacial score (nSPS) is 25.6. The molecule has 21 heavy (non-hydrogen) atoms. The molecule has 2 atom stereocenters. The Morgan fingerprint density at radius 3 is 2.62 bits per heavy atom. The largest absolute Gasteiger partial charge is 0.323 e. The Bertz CT molecular complexity index is 479. The summed E-state index contributed by atoms with van der Waals surface area (Å²) in [7, 11) is 0. The van der Waals surface area contributed by atoms with Crippen LogP contribution in [-0.4, -0.2) is 48.6 Å². The monoisotopic (exact) mass is 287 g/mol. The molecule has 1 aromatic carbocycles. The van der Waals surface area contributed by atoms with Crippen LogP contribution in [0.15, 0.2) is 18.2 Å². The molecule has 0 spiro atoms. The molecule has 0 saturated carbocycles. The number of hydrogen-bond acceptors (Lipinski definition) is 3. The number of benzene rings is 1. The van der Waals surface area contributed by atoms with E-state index < -0.39 is 0 Å². The van der Waals surface area contributed by atoms with Crippen molar-refractivity contribution in [3.63, 3.8) is 0 Å². The van der Waals surface area contributed by atoms with E-state index in [4.69, 9.17) is 5.73 Å². The predicted octanol–water partition coefficient (Wildman–Crippen LogP) is 2.47. The van der Waals surface area contributed by atoms with Gasteiger partial charge in [0.05, 0.1) is 0 Å². The highest BCUT2D eigenvalue weighted by atomic mass is 15.3. The van der Waals surface area contributed by atoms with Gasteiger partial charge in [0.15, 0.2) is 0 Å². The Morgan fingerprint density at radius 1 is 1.14 bits per heavy atom. The number of aryl methyl sites for hydroxylation is 2. The van der Waals surface area contributed by atoms with Crippen LogP contribution < -0.4 is 5.73 Å². The SMILES string of the molecule is Cc1ccc(C(N)CN2CCC(N3CCCC3)C2)cc1C. The van der Waals surface area contributed by atoms with Crippen LogP contribution in [0.4, 0.5) is 0 Å². The van der Waals surface area contributed by atoms with Gasteiger partial charge in [0, 0.05) is 25.2 Å². The first kappa shape index (κ1) is 15.0. The molecule has 3 rings (SSSR count). The predicted molar refractivity (Wildman–Crippen MR) is 88.5 cm³/mol. The van der Waals surface area contributed by atoms with Crippen molar-refractivity contribution in [3.05, 3.63) is 34.9 Å². The Kier molecular flexibility index (Phi) is 4.63. The lowest BCUT2D eigenvalue weighted by atomic mass is 10.0. The third-order valence-corrected chi connectivity index (χ3v) is 5.32. The Labute approximate surface area is 129 Å². The number of likely N-dealkylation sites (tertiary alicyclic amines) is 2. The summed E-state index contributed by atoms with van der Waals surface area (Å²) in [6.07, 6.45) is 4.09. The summed E-state index contributed by atoms with van der Waals surface area (Å²) in [6, 6.07) is 7.57. The first-order valence-corrected chi connectivity index (χ1v) is 8.42. The molecular formula is C18H29N3. The fraction of sp³-hybridized carbons (Fsp3) is 0.667. The van der Waals surface area contributed by atoms with Gasteiger partial charge in [0.1, 0.15) is 0 Å². The molecule has 3 heteroatoms. The van der Waals surface area contributed by atoms with Gasteiger partial charge in [-0.05, 0) is 69.4 Å². The summed E-state index contributed by atoms with van der Waals surface area (Å²) in [5, 5.41) is 0. The average Bonchev–Trinajstić information content (AvgIpc) is 3.12. The van der Waals surface area contributed by atoms with Crippen LogP contribution in [0.1, 0.15) is 42.0 Å². The van der Waals surface area contributed by atoms with E-state index in [0.29, 0.717) is 0 Å². The fourth-order valence-electron chi connectivity index (χ4n) is 3.76. The third kappa shape index (κ3) is 3.47. The molecule has 116 valence electrons. The van der Waals surface area contributed by atoms with Crippen LogP contribution in [0.5, 0.6) is 0 Å². The molecule has 0 amide bonds. The van der Waals surface area contributed by atoms with Crippen LogP contribution >= 0.6 is 0 Å². The van der Waals surface area contributed by atoms with E-state index >= 15 is 0 Å². The molecule has 2 aliphatic heterocycles. The summed E-state index contributed by atoms with van der Waals surface area (Å²) >= 11 is 0. The maximum absolute atomic E-state index is 6.44. The zero-order chi connectivity index (χ0) is 14.8. The number of nitrogens with two attached hydrogens (primary N) is 1. The third-order valence-electron chi connectivity index (χ3n) is 5.32. The van der Waals surface area contributed by atoms with Gasteiger partial charge in [0.2, 0.25) is 0 Å². The highest BCUT2D eigenvalue weighted by Gasteiger charge is 2.29. The Hall–Kier alpha value is -0.900. The van der Waals surface area contributed by atoms with Crippen LogP contribution in [-0.2, 0) is 0 Å². The lowest BCUT2D eigenvalue weighted by Gasteiger charge is -2.25. The average molecular weight is 287 g/mol. The first-order chi connectivity index (χ1) is 10.1. The molecule has 2 saturated heterocycles. The van der Waals surface area contributed by atoms with E-state index in [1.54, 1.807) is 0 Å². The maximum Gasteiger partial charge on any atom is 0.0424 e. The molecule has 0 aliphatic carbocycles. The highest BCUT2D eigenvalue weighted by Crippen LogP contribution is 2.23. The van der Waals surface area contributed by atoms with Gasteiger partial charge in [-0.15, -0.1) is 0 Å². The number of nitrogens with zero attached hydrogens (tertiary/aromatic N) is 2. The van der Waals surface area contributed by atoms with Crippen molar-refractivity contribution in [1.29, 1.82) is 0 Å². The van der Waals surface area contributed by atoms with Gasteiger partial charge in [0.25, 0.3) is 0 Å². The van der Waals surface area contributed by atoms with Crippen LogP contribution in [0.3, 0.4) is 0 Å². The molecule has 0 bridgehead atoms. The van der Waals surface area contributed by atoms with E-state index in [2.05, 4.69) is 41.8 Å². The maximum atomic E-state index is 6.44. The number of rotatable bonds is 4. The van der Waals surface area contributed by atoms with Crippen molar-refractivity contribution in [3.8, 4) is 0 Å². The summed E-state index contributed by atoms with van der Waals surface area (Å²) in [6.45, 7) is 10.4. The summed E-state index contributed by atoms with van der Waals surface area (Å²) in [5.41, 5.74) is 10.4. The fourth-order valence-corrected chi connectivity index (χ4v) is 3.76. The zero-order valence-electron chi connectivity index (χ0n) is 13.5. The Morgan fingerprint density at radius 2 is 1.90 bits per heavy atom. The van der Waals surface area contributed by atoms with E-state index in [1.165, 1.54) is 62.1 Å². The number of hydrogen-bond donors (Lipinski definition) is 1. The minimum Gasteiger partial charge on any atom is -0.323 e. The second kappa shape index (κ2) is 6.47. The molecule has 2 aliphatic rings. The Balaban J connectivity index is 1.55. The molecule has 3 nitrogen and oxygen atoms in total. The van der Waals surface area contributed by atoms with Crippen LogP contribution in [0, 0.1) is 13.8 Å². The van der Waals surface area contributed by atoms with Gasteiger partial charge in [-0.3, -0.25) is 9.80 Å². The molecule has 2 unspecified atom stereocenters. The summed E-state index contributed by atoms with van der Waals surface area (Å²) in [5.74, 6) is 0. The van der Waals surface area contributed by atoms with E-state index in [-0.39, 0.29) is 6.04 Å². The van der Waals surface area contributed by atoms with Gasteiger partial charge in [-0.25, -0.2) is 0 Å². The highest BCUT2D eigenvalue weighted by molar-refractivity contribution is 5.31. The van der Waals surface area contributed by atoms with Gasteiger partial charge < -0.3 is 5.73 Å². The van der Waals surface area contributed by atoms with Crippen molar-refractivity contribution < 1.29 is 0 Å². The second-order valence-electron chi connectivity index (χ2n) is 6.90. The first-order valence-electron chi connectivity index (χ1n) is 8.42.